The first-order valence-electron chi connectivity index (χ1n) is 9.18. The molecule has 2 aromatic carbocycles. The lowest BCUT2D eigenvalue weighted by Gasteiger charge is -2.16. The van der Waals surface area contributed by atoms with Gasteiger partial charge >= 0.3 is 0 Å². The van der Waals surface area contributed by atoms with Crippen molar-refractivity contribution in [2.24, 2.45) is 0 Å². The van der Waals surface area contributed by atoms with E-state index in [0.717, 1.165) is 0 Å². The Labute approximate surface area is 164 Å². The van der Waals surface area contributed by atoms with Gasteiger partial charge < -0.3 is 39.9 Å². The predicted molar refractivity (Wildman–Crippen MR) is 105 cm³/mol. The summed E-state index contributed by atoms with van der Waals surface area (Å²) < 4.78 is 34.1. The lowest BCUT2D eigenvalue weighted by Crippen LogP contribution is -2.15. The van der Waals surface area contributed by atoms with Crippen LogP contribution in [0, 0.1) is 0 Å². The van der Waals surface area contributed by atoms with E-state index in [1.165, 1.54) is 0 Å². The fourth-order valence-electron chi connectivity index (χ4n) is 2.56. The Hall–Kier alpha value is -2.84. The Bertz CT molecular complexity index is 694. The van der Waals surface area contributed by atoms with Gasteiger partial charge in [0.25, 0.3) is 0 Å². The van der Waals surface area contributed by atoms with Crippen LogP contribution in [0.3, 0.4) is 0 Å². The van der Waals surface area contributed by atoms with Crippen molar-refractivity contribution in [1.82, 2.24) is 0 Å². The van der Waals surface area contributed by atoms with Gasteiger partial charge in [-0.2, -0.15) is 0 Å². The van der Waals surface area contributed by atoms with Gasteiger partial charge in [0.15, 0.2) is 23.0 Å². The fraction of sp³-hybridized carbons (Fsp3) is 0.400. The van der Waals surface area contributed by atoms with Crippen molar-refractivity contribution in [3.63, 3.8) is 0 Å². The molecule has 0 radical (unpaired) electrons. The summed E-state index contributed by atoms with van der Waals surface area (Å²) in [6.45, 7) is 3.14. The van der Waals surface area contributed by atoms with Crippen LogP contribution in [-0.4, -0.2) is 52.9 Å². The monoisotopic (exact) mass is 390 g/mol. The Morgan fingerprint density at radius 1 is 0.464 bits per heavy atom. The maximum atomic E-state index is 5.83. The van der Waals surface area contributed by atoms with E-state index in [4.69, 9.17) is 39.9 Å². The number of fused-ring (bicyclic) bond motifs is 2. The molecule has 8 heteroatoms. The molecule has 0 spiro atoms. The van der Waals surface area contributed by atoms with E-state index in [-0.39, 0.29) is 0 Å². The summed E-state index contributed by atoms with van der Waals surface area (Å²) in [5.74, 6) is 2.39. The molecule has 28 heavy (non-hydrogen) atoms. The van der Waals surface area contributed by atoms with Crippen molar-refractivity contribution in [2.45, 2.75) is 0 Å². The first-order chi connectivity index (χ1) is 13.7. The van der Waals surface area contributed by atoms with E-state index >= 15 is 0 Å². The number of benzene rings is 2. The van der Waals surface area contributed by atoms with Crippen molar-refractivity contribution >= 4 is 11.4 Å². The number of nitrogens with two attached hydrogens (primary N) is 2. The molecule has 1 aliphatic heterocycles. The van der Waals surface area contributed by atoms with Gasteiger partial charge in [-0.3, -0.25) is 0 Å². The van der Waals surface area contributed by atoms with Gasteiger partial charge in [-0.05, 0) is 24.3 Å². The van der Waals surface area contributed by atoms with Crippen LogP contribution in [0.15, 0.2) is 36.4 Å². The molecule has 0 unspecified atom stereocenters. The minimum Gasteiger partial charge on any atom is -0.487 e. The average molecular weight is 390 g/mol. The van der Waals surface area contributed by atoms with Crippen LogP contribution in [0.4, 0.5) is 11.4 Å². The Morgan fingerprint density at radius 3 is 1.21 bits per heavy atom. The Balaban J connectivity index is 1.60. The van der Waals surface area contributed by atoms with Crippen LogP contribution >= 0.6 is 0 Å². The number of rotatable bonds is 0. The van der Waals surface area contributed by atoms with Crippen molar-refractivity contribution in [3.8, 4) is 23.0 Å². The zero-order valence-corrected chi connectivity index (χ0v) is 15.7. The fourth-order valence-corrected chi connectivity index (χ4v) is 2.56. The van der Waals surface area contributed by atoms with Crippen LogP contribution in [0.2, 0.25) is 0 Å². The summed E-state index contributed by atoms with van der Waals surface area (Å²) in [5.41, 5.74) is 12.9. The number of hydrogen-bond acceptors (Lipinski definition) is 8. The molecule has 0 aliphatic carbocycles. The quantitative estimate of drug-likeness (QED) is 0.659. The smallest absolute Gasteiger partial charge is 0.163 e. The van der Waals surface area contributed by atoms with Gasteiger partial charge in [-0.1, -0.05) is 0 Å². The topological polar surface area (TPSA) is 107 Å². The molecule has 0 bridgehead atoms. The van der Waals surface area contributed by atoms with Crippen molar-refractivity contribution < 1.29 is 28.4 Å². The third kappa shape index (κ3) is 6.11. The molecule has 152 valence electrons. The highest BCUT2D eigenvalue weighted by Crippen LogP contribution is 2.30. The summed E-state index contributed by atoms with van der Waals surface area (Å²) in [6, 6.07) is 10.5. The first-order valence-corrected chi connectivity index (χ1v) is 9.18. The molecule has 0 atom stereocenters. The normalized spacial score (nSPS) is 16.6. The van der Waals surface area contributed by atoms with Gasteiger partial charge in [-0.15, -0.1) is 0 Å². The molecule has 0 saturated carbocycles. The summed E-state index contributed by atoms with van der Waals surface area (Å²) in [7, 11) is 0. The lowest BCUT2D eigenvalue weighted by molar-refractivity contribution is 0.0640. The summed E-state index contributed by atoms with van der Waals surface area (Å²) in [5, 5.41) is 0. The van der Waals surface area contributed by atoms with Crippen molar-refractivity contribution in [2.75, 3.05) is 64.3 Å². The SMILES string of the molecule is Nc1ccc2c(c1)OCCOCCOc1cc(N)ccc1OCCOCCO2. The van der Waals surface area contributed by atoms with Gasteiger partial charge in [0, 0.05) is 23.5 Å². The largest absolute Gasteiger partial charge is 0.487 e. The predicted octanol–water partition coefficient (Wildman–Crippen LogP) is 2.11. The highest BCUT2D eigenvalue weighted by molar-refractivity contribution is 5.52. The third-order valence-electron chi connectivity index (χ3n) is 3.88. The molecule has 0 aromatic heterocycles. The van der Waals surface area contributed by atoms with E-state index in [0.29, 0.717) is 87.2 Å². The summed E-state index contributed by atoms with van der Waals surface area (Å²) in [4.78, 5) is 0. The second kappa shape index (κ2) is 10.5. The zero-order valence-electron chi connectivity index (χ0n) is 15.7. The maximum Gasteiger partial charge on any atom is 0.163 e. The van der Waals surface area contributed by atoms with Crippen LogP contribution in [0.1, 0.15) is 0 Å². The highest BCUT2D eigenvalue weighted by atomic mass is 16.6. The Kier molecular flexibility index (Phi) is 7.45. The van der Waals surface area contributed by atoms with E-state index in [1.54, 1.807) is 36.4 Å². The van der Waals surface area contributed by atoms with Crippen molar-refractivity contribution in [1.29, 1.82) is 0 Å². The molecule has 1 aliphatic rings. The van der Waals surface area contributed by atoms with Crippen LogP contribution < -0.4 is 30.4 Å². The van der Waals surface area contributed by atoms with E-state index in [1.807, 2.05) is 0 Å². The lowest BCUT2D eigenvalue weighted by atomic mass is 10.3. The third-order valence-corrected chi connectivity index (χ3v) is 3.88. The summed E-state index contributed by atoms with van der Waals surface area (Å²) in [6.07, 6.45) is 0. The van der Waals surface area contributed by atoms with Crippen molar-refractivity contribution in [3.05, 3.63) is 36.4 Å². The molecule has 0 fully saturated rings. The molecular weight excluding hydrogens is 364 g/mol. The molecule has 8 nitrogen and oxygen atoms in total. The Morgan fingerprint density at radius 2 is 0.821 bits per heavy atom. The van der Waals surface area contributed by atoms with Gasteiger partial charge in [0.1, 0.15) is 26.4 Å². The second-order valence-electron chi connectivity index (χ2n) is 6.03. The average Bonchev–Trinajstić information content (AvgIpc) is 2.68. The van der Waals surface area contributed by atoms with E-state index < -0.39 is 0 Å². The molecule has 4 N–H and O–H groups in total. The van der Waals surface area contributed by atoms with Gasteiger partial charge in [-0.25, -0.2) is 0 Å². The molecule has 2 aromatic rings. The highest BCUT2D eigenvalue weighted by Gasteiger charge is 2.08. The van der Waals surface area contributed by atoms with E-state index in [2.05, 4.69) is 0 Å². The number of ether oxygens (including phenoxy) is 6. The zero-order chi connectivity index (χ0) is 19.6. The number of nitrogen functional groups attached to an aromatic ring is 2. The maximum absolute atomic E-state index is 5.83. The minimum atomic E-state index is 0.364. The number of hydrogen-bond donors (Lipinski definition) is 2. The van der Waals surface area contributed by atoms with E-state index in [9.17, 15) is 0 Å². The van der Waals surface area contributed by atoms with Gasteiger partial charge in [0.2, 0.25) is 0 Å². The van der Waals surface area contributed by atoms with Gasteiger partial charge in [0.05, 0.1) is 26.4 Å². The van der Waals surface area contributed by atoms with Crippen LogP contribution in [0.25, 0.3) is 0 Å². The first kappa shape index (κ1) is 19.9. The standard InChI is InChI=1S/C20H26N2O6/c21-15-1-3-17-19(13-15)27-11-7-24-8-12-28-20-14-16(22)2-4-18(20)26-10-6-23-5-9-25-17/h1-4,13-14H,5-12,21-22H2. The number of anilines is 2. The van der Waals surface area contributed by atoms with Crippen LogP contribution in [0.5, 0.6) is 23.0 Å². The molecular formula is C20H26N2O6. The molecule has 3 rings (SSSR count). The minimum absolute atomic E-state index is 0.364. The molecule has 0 saturated heterocycles. The molecule has 1 heterocycles. The molecule has 0 amide bonds. The second-order valence-corrected chi connectivity index (χ2v) is 6.03. The van der Waals surface area contributed by atoms with Crippen LogP contribution in [-0.2, 0) is 9.47 Å². The summed E-state index contributed by atoms with van der Waals surface area (Å²) >= 11 is 0.